The van der Waals surface area contributed by atoms with Crippen LogP contribution < -0.4 is 10.6 Å². The van der Waals surface area contributed by atoms with Gasteiger partial charge in [-0.15, -0.1) is 24.0 Å². The van der Waals surface area contributed by atoms with E-state index in [4.69, 9.17) is 4.52 Å². The van der Waals surface area contributed by atoms with Gasteiger partial charge in [0.15, 0.2) is 11.8 Å². The highest BCUT2D eigenvalue weighted by molar-refractivity contribution is 14.0. The van der Waals surface area contributed by atoms with Crippen molar-refractivity contribution in [1.82, 2.24) is 20.8 Å². The van der Waals surface area contributed by atoms with Gasteiger partial charge in [-0.2, -0.15) is 4.98 Å². The minimum Gasteiger partial charge on any atom is -0.356 e. The highest BCUT2D eigenvalue weighted by Crippen LogP contribution is 2.10. The first-order valence-electron chi connectivity index (χ1n) is 6.94. The van der Waals surface area contributed by atoms with Gasteiger partial charge in [-0.05, 0) is 12.8 Å². The number of aliphatic imine (C=N–C) groups is 1. The fraction of sp³-hybridized carbons (Fsp3) is 0.769. The summed E-state index contributed by atoms with van der Waals surface area (Å²) >= 11 is 0. The van der Waals surface area contributed by atoms with E-state index in [9.17, 15) is 0 Å². The van der Waals surface area contributed by atoms with E-state index in [0.29, 0.717) is 11.8 Å². The molecule has 0 spiro atoms. The van der Waals surface area contributed by atoms with Crippen LogP contribution in [-0.4, -0.2) is 36.2 Å². The number of halogens is 1. The Hall–Kier alpha value is -0.860. The Morgan fingerprint density at radius 1 is 1.30 bits per heavy atom. The predicted octanol–water partition coefficient (Wildman–Crippen LogP) is 2.32. The van der Waals surface area contributed by atoms with Gasteiger partial charge < -0.3 is 15.2 Å². The van der Waals surface area contributed by atoms with Gasteiger partial charge in [-0.25, -0.2) is 0 Å². The van der Waals surface area contributed by atoms with E-state index >= 15 is 0 Å². The molecule has 7 heteroatoms. The van der Waals surface area contributed by atoms with Gasteiger partial charge in [-0.3, -0.25) is 4.99 Å². The molecule has 6 nitrogen and oxygen atoms in total. The molecule has 0 atom stereocenters. The van der Waals surface area contributed by atoms with Gasteiger partial charge in [0.05, 0.1) is 0 Å². The Labute approximate surface area is 138 Å². The van der Waals surface area contributed by atoms with Crippen LogP contribution >= 0.6 is 24.0 Å². The number of hydrogen-bond acceptors (Lipinski definition) is 4. The molecule has 0 saturated carbocycles. The number of guanidine groups is 1. The molecule has 0 radical (unpaired) electrons. The molecule has 1 heterocycles. The van der Waals surface area contributed by atoms with E-state index in [1.54, 1.807) is 7.05 Å². The summed E-state index contributed by atoms with van der Waals surface area (Å²) in [5, 5.41) is 10.4. The minimum atomic E-state index is 0. The number of rotatable bonds is 7. The van der Waals surface area contributed by atoms with Crippen LogP contribution in [0.25, 0.3) is 0 Å². The Bertz CT molecular complexity index is 392. The molecule has 1 aromatic heterocycles. The van der Waals surface area contributed by atoms with Crippen molar-refractivity contribution in [2.45, 2.75) is 46.0 Å². The van der Waals surface area contributed by atoms with E-state index in [1.165, 1.54) is 0 Å². The van der Waals surface area contributed by atoms with Crippen molar-refractivity contribution in [1.29, 1.82) is 0 Å². The summed E-state index contributed by atoms with van der Waals surface area (Å²) in [6.07, 6.45) is 2.81. The molecule has 0 aromatic carbocycles. The molecule has 116 valence electrons. The Morgan fingerprint density at radius 3 is 2.55 bits per heavy atom. The van der Waals surface area contributed by atoms with Crippen molar-refractivity contribution < 1.29 is 4.52 Å². The van der Waals surface area contributed by atoms with Crippen LogP contribution in [0.1, 0.15) is 51.2 Å². The molecule has 2 N–H and O–H groups in total. The van der Waals surface area contributed by atoms with Crippen molar-refractivity contribution in [2.75, 3.05) is 20.1 Å². The van der Waals surface area contributed by atoms with Gasteiger partial charge in [-0.1, -0.05) is 25.9 Å². The molecule has 0 aliphatic heterocycles. The number of nitrogens with one attached hydrogen (secondary N) is 2. The largest absolute Gasteiger partial charge is 0.356 e. The van der Waals surface area contributed by atoms with Crippen molar-refractivity contribution in [2.24, 2.45) is 4.99 Å². The number of nitrogens with zero attached hydrogens (tertiary/aromatic N) is 3. The molecule has 0 fully saturated rings. The van der Waals surface area contributed by atoms with Crippen molar-refractivity contribution in [3.05, 3.63) is 11.7 Å². The molecule has 0 aliphatic carbocycles. The van der Waals surface area contributed by atoms with Crippen LogP contribution in [0.4, 0.5) is 0 Å². The predicted molar refractivity (Wildman–Crippen MR) is 91.8 cm³/mol. The summed E-state index contributed by atoms with van der Waals surface area (Å²) in [7, 11) is 1.78. The van der Waals surface area contributed by atoms with Crippen LogP contribution in [0.2, 0.25) is 0 Å². The maximum Gasteiger partial charge on any atom is 0.226 e. The number of hydrogen-bond donors (Lipinski definition) is 2. The second kappa shape index (κ2) is 10.9. The minimum absolute atomic E-state index is 0. The van der Waals surface area contributed by atoms with Gasteiger partial charge in [0.2, 0.25) is 5.89 Å². The number of aromatic nitrogens is 2. The summed E-state index contributed by atoms with van der Waals surface area (Å²) in [5.41, 5.74) is 0. The monoisotopic (exact) mass is 395 g/mol. The first kappa shape index (κ1) is 19.1. The molecular weight excluding hydrogens is 369 g/mol. The van der Waals surface area contributed by atoms with Gasteiger partial charge in [0.1, 0.15) is 0 Å². The quantitative estimate of drug-likeness (QED) is 0.321. The van der Waals surface area contributed by atoms with Crippen molar-refractivity contribution >= 4 is 29.9 Å². The second-order valence-electron chi connectivity index (χ2n) is 4.73. The third kappa shape index (κ3) is 7.06. The fourth-order valence-electron chi connectivity index (χ4n) is 1.51. The van der Waals surface area contributed by atoms with Crippen molar-refractivity contribution in [3.63, 3.8) is 0 Å². The Balaban J connectivity index is 0.00000361. The fourth-order valence-corrected chi connectivity index (χ4v) is 1.51. The lowest BCUT2D eigenvalue weighted by molar-refractivity contribution is 0.368. The third-order valence-electron chi connectivity index (χ3n) is 2.63. The zero-order valence-electron chi connectivity index (χ0n) is 12.8. The maximum atomic E-state index is 5.19. The lowest BCUT2D eigenvalue weighted by Gasteiger charge is -2.10. The molecule has 0 saturated heterocycles. The first-order valence-corrected chi connectivity index (χ1v) is 6.94. The molecule has 20 heavy (non-hydrogen) atoms. The Morgan fingerprint density at radius 2 is 2.00 bits per heavy atom. The molecule has 0 bridgehead atoms. The number of aryl methyl sites for hydroxylation is 1. The summed E-state index contributed by atoms with van der Waals surface area (Å²) in [6.45, 7) is 8.01. The summed E-state index contributed by atoms with van der Waals surface area (Å²) in [5.74, 6) is 2.65. The zero-order chi connectivity index (χ0) is 14.1. The lowest BCUT2D eigenvalue weighted by atomic mass is 10.2. The van der Waals surface area contributed by atoms with Gasteiger partial charge in [0.25, 0.3) is 0 Å². The summed E-state index contributed by atoms with van der Waals surface area (Å²) < 4.78 is 5.19. The second-order valence-corrected chi connectivity index (χ2v) is 4.73. The van der Waals surface area contributed by atoms with E-state index in [0.717, 1.165) is 44.1 Å². The molecule has 1 aromatic rings. The van der Waals surface area contributed by atoms with Crippen LogP contribution in [0.5, 0.6) is 0 Å². The average Bonchev–Trinajstić information content (AvgIpc) is 2.87. The van der Waals surface area contributed by atoms with E-state index in [1.807, 2.05) is 0 Å². The smallest absolute Gasteiger partial charge is 0.226 e. The Kier molecular flexibility index (Phi) is 10.4. The SMILES string of the molecule is CCCNC(=NC)NCCCc1nc(C(C)C)no1.I. The highest BCUT2D eigenvalue weighted by atomic mass is 127. The topological polar surface area (TPSA) is 75.3 Å². The molecule has 0 aliphatic rings. The molecule has 0 unspecified atom stereocenters. The summed E-state index contributed by atoms with van der Waals surface area (Å²) in [6, 6.07) is 0. The standard InChI is InChI=1S/C13H25N5O.HI/c1-5-8-15-13(14-4)16-9-6-7-11-17-12(10(2)3)18-19-11;/h10H,5-9H2,1-4H3,(H2,14,15,16);1H. The van der Waals surface area contributed by atoms with Gasteiger partial charge in [0, 0.05) is 32.5 Å². The third-order valence-corrected chi connectivity index (χ3v) is 2.63. The first-order chi connectivity index (χ1) is 9.17. The van der Waals surface area contributed by atoms with Crippen LogP contribution in [0, 0.1) is 0 Å². The lowest BCUT2D eigenvalue weighted by Crippen LogP contribution is -2.38. The molecule has 1 rings (SSSR count). The molecule has 0 amide bonds. The van der Waals surface area contributed by atoms with Crippen LogP contribution in [0.3, 0.4) is 0 Å². The van der Waals surface area contributed by atoms with E-state index in [-0.39, 0.29) is 24.0 Å². The van der Waals surface area contributed by atoms with E-state index in [2.05, 4.69) is 46.5 Å². The average molecular weight is 395 g/mol. The maximum absolute atomic E-state index is 5.19. The zero-order valence-corrected chi connectivity index (χ0v) is 15.1. The van der Waals surface area contributed by atoms with Crippen molar-refractivity contribution in [3.8, 4) is 0 Å². The van der Waals surface area contributed by atoms with E-state index < -0.39 is 0 Å². The normalized spacial score (nSPS) is 11.3. The van der Waals surface area contributed by atoms with Crippen LogP contribution in [-0.2, 0) is 6.42 Å². The molecular formula is C13H26IN5O. The van der Waals surface area contributed by atoms with Gasteiger partial charge >= 0.3 is 0 Å². The van der Waals surface area contributed by atoms with Crippen LogP contribution in [0.15, 0.2) is 9.52 Å². The summed E-state index contributed by atoms with van der Waals surface area (Å²) in [4.78, 5) is 8.49. The highest BCUT2D eigenvalue weighted by Gasteiger charge is 2.08.